The number of hydrogen-bond donors (Lipinski definition) is 1. The molecule has 1 aromatic heterocycles. The van der Waals surface area contributed by atoms with E-state index in [2.05, 4.69) is 20.8 Å². The van der Waals surface area contributed by atoms with Gasteiger partial charge in [0.15, 0.2) is 6.61 Å². The molecule has 1 N–H and O–H groups in total. The second kappa shape index (κ2) is 7.17. The maximum atomic E-state index is 11.8. The second-order valence-electron chi connectivity index (χ2n) is 4.80. The molecule has 1 heterocycles. The summed E-state index contributed by atoms with van der Waals surface area (Å²) < 4.78 is 7.02. The van der Waals surface area contributed by atoms with Crippen LogP contribution in [0.2, 0.25) is 0 Å². The molecule has 0 unspecified atom stereocenters. The zero-order valence-corrected chi connectivity index (χ0v) is 12.3. The summed E-state index contributed by atoms with van der Waals surface area (Å²) in [5.74, 6) is 0.398. The van der Waals surface area contributed by atoms with Crippen molar-refractivity contribution in [2.45, 2.75) is 6.54 Å². The average molecular weight is 309 g/mol. The molecule has 116 valence electrons. The highest BCUT2D eigenvalue weighted by molar-refractivity contribution is 5.77. The quantitative estimate of drug-likeness (QED) is 0.743. The summed E-state index contributed by atoms with van der Waals surface area (Å²) in [5, 5.41) is 13.8. The number of tetrazole rings is 1. The van der Waals surface area contributed by atoms with Crippen LogP contribution in [0.5, 0.6) is 5.75 Å². The number of carbonyl (C=O) groups is 1. The van der Waals surface area contributed by atoms with E-state index in [9.17, 15) is 4.79 Å². The molecule has 0 saturated carbocycles. The van der Waals surface area contributed by atoms with E-state index in [1.54, 1.807) is 12.1 Å². The Morgan fingerprint density at radius 2 is 2.00 bits per heavy atom. The third-order valence-electron chi connectivity index (χ3n) is 3.13. The van der Waals surface area contributed by atoms with E-state index in [1.807, 2.05) is 42.5 Å². The summed E-state index contributed by atoms with van der Waals surface area (Å²) in [4.78, 5) is 11.8. The lowest BCUT2D eigenvalue weighted by molar-refractivity contribution is -0.123. The Hall–Kier alpha value is -3.22. The molecule has 0 saturated heterocycles. The Morgan fingerprint density at radius 3 is 2.78 bits per heavy atom. The first-order chi connectivity index (χ1) is 11.3. The molecular formula is C16H15N5O2. The van der Waals surface area contributed by atoms with Crippen LogP contribution in [0.4, 0.5) is 0 Å². The molecule has 0 bridgehead atoms. The smallest absolute Gasteiger partial charge is 0.258 e. The Balaban J connectivity index is 1.52. The first-order valence-electron chi connectivity index (χ1n) is 7.08. The van der Waals surface area contributed by atoms with Crippen molar-refractivity contribution < 1.29 is 9.53 Å². The monoisotopic (exact) mass is 309 g/mol. The molecule has 0 aliphatic rings. The van der Waals surface area contributed by atoms with Crippen LogP contribution in [0.3, 0.4) is 0 Å². The molecule has 0 atom stereocenters. The van der Waals surface area contributed by atoms with Gasteiger partial charge in [0.25, 0.3) is 5.91 Å². The number of carbonyl (C=O) groups excluding carboxylic acids is 1. The molecular weight excluding hydrogens is 294 g/mol. The van der Waals surface area contributed by atoms with Gasteiger partial charge in [0.05, 0.1) is 5.69 Å². The number of nitrogens with one attached hydrogen (secondary N) is 1. The van der Waals surface area contributed by atoms with Gasteiger partial charge in [-0.05, 0) is 28.1 Å². The van der Waals surface area contributed by atoms with E-state index >= 15 is 0 Å². The average Bonchev–Trinajstić information content (AvgIpc) is 3.14. The van der Waals surface area contributed by atoms with E-state index in [4.69, 9.17) is 4.74 Å². The summed E-state index contributed by atoms with van der Waals surface area (Å²) in [5.41, 5.74) is 1.80. The molecule has 0 spiro atoms. The molecule has 3 rings (SSSR count). The molecule has 1 amide bonds. The van der Waals surface area contributed by atoms with Gasteiger partial charge in [-0.15, -0.1) is 5.10 Å². The fraction of sp³-hybridized carbons (Fsp3) is 0.125. The van der Waals surface area contributed by atoms with E-state index < -0.39 is 0 Å². The molecule has 3 aromatic rings. The Bertz CT molecular complexity index is 759. The first kappa shape index (κ1) is 14.7. The maximum Gasteiger partial charge on any atom is 0.258 e. The lowest BCUT2D eigenvalue weighted by atomic mass is 10.2. The number of benzene rings is 2. The van der Waals surface area contributed by atoms with Gasteiger partial charge in [0.1, 0.15) is 12.1 Å². The fourth-order valence-corrected chi connectivity index (χ4v) is 1.99. The molecule has 0 aliphatic carbocycles. The van der Waals surface area contributed by atoms with E-state index in [-0.39, 0.29) is 12.5 Å². The van der Waals surface area contributed by atoms with Gasteiger partial charge in [0, 0.05) is 12.6 Å². The van der Waals surface area contributed by atoms with Crippen LogP contribution >= 0.6 is 0 Å². The number of amides is 1. The van der Waals surface area contributed by atoms with Crippen LogP contribution < -0.4 is 10.1 Å². The zero-order valence-electron chi connectivity index (χ0n) is 12.3. The summed E-state index contributed by atoms with van der Waals surface area (Å²) in [6, 6.07) is 16.9. The van der Waals surface area contributed by atoms with Gasteiger partial charge in [-0.3, -0.25) is 4.79 Å². The SMILES string of the molecule is O=C(COc1cccc(-n2cnnn2)c1)NCc1ccccc1. The van der Waals surface area contributed by atoms with E-state index in [0.717, 1.165) is 11.3 Å². The van der Waals surface area contributed by atoms with Crippen molar-refractivity contribution in [1.29, 1.82) is 0 Å². The van der Waals surface area contributed by atoms with Crippen molar-refractivity contribution >= 4 is 5.91 Å². The topological polar surface area (TPSA) is 81.9 Å². The van der Waals surface area contributed by atoms with Gasteiger partial charge in [-0.25, -0.2) is 4.68 Å². The van der Waals surface area contributed by atoms with Crippen LogP contribution in [0.25, 0.3) is 5.69 Å². The standard InChI is InChI=1S/C16H15N5O2/c22-16(17-10-13-5-2-1-3-6-13)11-23-15-8-4-7-14(9-15)21-12-18-19-20-21/h1-9,12H,10-11H2,(H,17,22). The normalized spacial score (nSPS) is 10.3. The largest absolute Gasteiger partial charge is 0.484 e. The van der Waals surface area contributed by atoms with Gasteiger partial charge in [-0.2, -0.15) is 0 Å². The summed E-state index contributed by atoms with van der Waals surface area (Å²) in [6.07, 6.45) is 1.49. The Morgan fingerprint density at radius 1 is 1.13 bits per heavy atom. The number of aromatic nitrogens is 4. The predicted molar refractivity (Wildman–Crippen MR) is 82.9 cm³/mol. The van der Waals surface area contributed by atoms with Gasteiger partial charge in [0.2, 0.25) is 0 Å². The number of hydrogen-bond acceptors (Lipinski definition) is 5. The van der Waals surface area contributed by atoms with Crippen molar-refractivity contribution in [3.8, 4) is 11.4 Å². The summed E-state index contributed by atoms with van der Waals surface area (Å²) in [6.45, 7) is 0.430. The van der Waals surface area contributed by atoms with Gasteiger partial charge >= 0.3 is 0 Å². The highest BCUT2D eigenvalue weighted by Crippen LogP contribution is 2.15. The Labute approximate surface area is 132 Å². The lowest BCUT2D eigenvalue weighted by Crippen LogP contribution is -2.28. The lowest BCUT2D eigenvalue weighted by Gasteiger charge is -2.08. The molecule has 2 aromatic carbocycles. The maximum absolute atomic E-state index is 11.8. The molecule has 7 heteroatoms. The van der Waals surface area contributed by atoms with Gasteiger partial charge < -0.3 is 10.1 Å². The van der Waals surface area contributed by atoms with Crippen LogP contribution in [0.15, 0.2) is 60.9 Å². The number of ether oxygens (including phenoxy) is 1. The third-order valence-corrected chi connectivity index (χ3v) is 3.13. The molecule has 0 aliphatic heterocycles. The number of rotatable bonds is 6. The molecule has 0 radical (unpaired) electrons. The van der Waals surface area contributed by atoms with Gasteiger partial charge in [-0.1, -0.05) is 36.4 Å². The highest BCUT2D eigenvalue weighted by atomic mass is 16.5. The fourth-order valence-electron chi connectivity index (χ4n) is 1.99. The summed E-state index contributed by atoms with van der Waals surface area (Å²) in [7, 11) is 0. The minimum atomic E-state index is -0.179. The van der Waals surface area contributed by atoms with Crippen molar-refractivity contribution in [1.82, 2.24) is 25.5 Å². The highest BCUT2D eigenvalue weighted by Gasteiger charge is 2.04. The Kier molecular flexibility index (Phi) is 4.58. The van der Waals surface area contributed by atoms with E-state index in [1.165, 1.54) is 11.0 Å². The van der Waals surface area contributed by atoms with Crippen molar-refractivity contribution in [3.05, 3.63) is 66.5 Å². The minimum absolute atomic E-state index is 0.0497. The molecule has 7 nitrogen and oxygen atoms in total. The van der Waals surface area contributed by atoms with E-state index in [0.29, 0.717) is 12.3 Å². The van der Waals surface area contributed by atoms with Crippen molar-refractivity contribution in [2.24, 2.45) is 0 Å². The van der Waals surface area contributed by atoms with Crippen LogP contribution in [-0.2, 0) is 11.3 Å². The minimum Gasteiger partial charge on any atom is -0.484 e. The molecule has 23 heavy (non-hydrogen) atoms. The van der Waals surface area contributed by atoms with Crippen LogP contribution in [-0.4, -0.2) is 32.7 Å². The molecule has 0 fully saturated rings. The summed E-state index contributed by atoms with van der Waals surface area (Å²) >= 11 is 0. The zero-order chi connectivity index (χ0) is 15.9. The second-order valence-corrected chi connectivity index (χ2v) is 4.80. The third kappa shape index (κ3) is 4.13. The van der Waals surface area contributed by atoms with Crippen molar-refractivity contribution in [2.75, 3.05) is 6.61 Å². The van der Waals surface area contributed by atoms with Crippen molar-refractivity contribution in [3.63, 3.8) is 0 Å². The van der Waals surface area contributed by atoms with Crippen LogP contribution in [0, 0.1) is 0 Å². The predicted octanol–water partition coefficient (Wildman–Crippen LogP) is 1.36. The first-order valence-corrected chi connectivity index (χ1v) is 7.08. The van der Waals surface area contributed by atoms with Crippen LogP contribution in [0.1, 0.15) is 5.56 Å². The number of nitrogens with zero attached hydrogens (tertiary/aromatic N) is 4.